The van der Waals surface area contributed by atoms with E-state index < -0.39 is 0 Å². The van der Waals surface area contributed by atoms with Crippen LogP contribution in [0.25, 0.3) is 0 Å². The van der Waals surface area contributed by atoms with Crippen molar-refractivity contribution in [3.05, 3.63) is 69.3 Å². The summed E-state index contributed by atoms with van der Waals surface area (Å²) in [5, 5.41) is 11.0. The van der Waals surface area contributed by atoms with Crippen LogP contribution < -0.4 is 4.90 Å². The molecular formula is C19H24N2O2. The number of nitrogens with zero attached hydrogens (tertiary/aromatic N) is 2. The summed E-state index contributed by atoms with van der Waals surface area (Å²) in [5.41, 5.74) is 4.35. The first kappa shape index (κ1) is 17.0. The third kappa shape index (κ3) is 4.31. The largest absolute Gasteiger partial charge is 0.370 e. The van der Waals surface area contributed by atoms with Crippen LogP contribution in [-0.4, -0.2) is 12.0 Å². The van der Waals surface area contributed by atoms with Crippen molar-refractivity contribution >= 4 is 11.4 Å². The van der Waals surface area contributed by atoms with Crippen LogP contribution in [0.4, 0.5) is 11.4 Å². The number of hydrogen-bond donors (Lipinski definition) is 0. The number of nitro benzene ring substituents is 1. The van der Waals surface area contributed by atoms with Gasteiger partial charge in [-0.3, -0.25) is 10.1 Å². The number of anilines is 1. The Morgan fingerprint density at radius 2 is 1.78 bits per heavy atom. The third-order valence-corrected chi connectivity index (χ3v) is 4.04. The summed E-state index contributed by atoms with van der Waals surface area (Å²) in [6.45, 7) is 6.89. The summed E-state index contributed by atoms with van der Waals surface area (Å²) in [6, 6.07) is 13.8. The van der Waals surface area contributed by atoms with E-state index in [9.17, 15) is 10.1 Å². The highest BCUT2D eigenvalue weighted by Gasteiger charge is 2.14. The van der Waals surface area contributed by atoms with E-state index in [-0.39, 0.29) is 10.6 Å². The Kier molecular flexibility index (Phi) is 5.37. The first-order valence-electron chi connectivity index (χ1n) is 7.91. The predicted octanol–water partition coefficient (Wildman–Crippen LogP) is 4.74. The molecule has 23 heavy (non-hydrogen) atoms. The second-order valence-electron chi connectivity index (χ2n) is 6.44. The Hall–Kier alpha value is -2.36. The number of hydrogen-bond acceptors (Lipinski definition) is 3. The molecule has 4 nitrogen and oxygen atoms in total. The average molecular weight is 312 g/mol. The van der Waals surface area contributed by atoms with Gasteiger partial charge in [-0.25, -0.2) is 0 Å². The molecule has 122 valence electrons. The van der Waals surface area contributed by atoms with Crippen LogP contribution in [0.5, 0.6) is 0 Å². The van der Waals surface area contributed by atoms with Crippen molar-refractivity contribution in [3.63, 3.8) is 0 Å². The molecule has 0 radical (unpaired) electrons. The molecule has 0 bridgehead atoms. The molecule has 0 N–H and O–H groups in total. The molecule has 0 spiro atoms. The van der Waals surface area contributed by atoms with Crippen LogP contribution in [0.1, 0.15) is 30.5 Å². The Labute approximate surface area is 137 Å². The zero-order valence-corrected chi connectivity index (χ0v) is 14.2. The molecule has 0 saturated heterocycles. The molecule has 0 atom stereocenters. The summed E-state index contributed by atoms with van der Waals surface area (Å²) < 4.78 is 0. The fraction of sp³-hybridized carbons (Fsp3) is 0.368. The van der Waals surface area contributed by atoms with Crippen molar-refractivity contribution in [2.24, 2.45) is 5.92 Å². The Balaban J connectivity index is 2.14. The standard InChI is InChI=1S/C19H24N2O2/c1-14(2)12-16-8-10-18(11-9-16)20(4)13-17-6-5-7-19(15(17)3)21(22)23/h5-11,14H,12-13H2,1-4H3. The third-order valence-electron chi connectivity index (χ3n) is 4.04. The van der Waals surface area contributed by atoms with E-state index in [4.69, 9.17) is 0 Å². The van der Waals surface area contributed by atoms with Gasteiger partial charge in [-0.15, -0.1) is 0 Å². The van der Waals surface area contributed by atoms with Gasteiger partial charge in [-0.2, -0.15) is 0 Å². The van der Waals surface area contributed by atoms with Gasteiger partial charge >= 0.3 is 0 Å². The first-order chi connectivity index (χ1) is 10.9. The van der Waals surface area contributed by atoms with E-state index in [1.165, 1.54) is 5.56 Å². The zero-order chi connectivity index (χ0) is 17.0. The molecule has 0 unspecified atom stereocenters. The number of benzene rings is 2. The molecule has 0 heterocycles. The van der Waals surface area contributed by atoms with Crippen LogP contribution in [0.15, 0.2) is 42.5 Å². The lowest BCUT2D eigenvalue weighted by molar-refractivity contribution is -0.385. The van der Waals surface area contributed by atoms with Crippen molar-refractivity contribution in [1.82, 2.24) is 0 Å². The summed E-state index contributed by atoms with van der Waals surface area (Å²) >= 11 is 0. The van der Waals surface area contributed by atoms with Gasteiger partial charge in [0.1, 0.15) is 0 Å². The Bertz CT molecular complexity index is 678. The summed E-state index contributed by atoms with van der Waals surface area (Å²) in [5.74, 6) is 0.645. The van der Waals surface area contributed by atoms with Crippen molar-refractivity contribution in [2.45, 2.75) is 33.7 Å². The minimum absolute atomic E-state index is 0.184. The molecule has 2 aromatic rings. The fourth-order valence-corrected chi connectivity index (χ4v) is 2.74. The second-order valence-corrected chi connectivity index (χ2v) is 6.44. The lowest BCUT2D eigenvalue weighted by atomic mass is 10.0. The Morgan fingerprint density at radius 3 is 2.35 bits per heavy atom. The van der Waals surface area contributed by atoms with E-state index in [2.05, 4.69) is 43.0 Å². The van der Waals surface area contributed by atoms with Crippen LogP contribution in [0.2, 0.25) is 0 Å². The minimum Gasteiger partial charge on any atom is -0.370 e. The summed E-state index contributed by atoms with van der Waals surface area (Å²) in [6.07, 6.45) is 1.08. The van der Waals surface area contributed by atoms with E-state index in [1.807, 2.05) is 20.0 Å². The highest BCUT2D eigenvalue weighted by atomic mass is 16.6. The molecule has 0 aromatic heterocycles. The molecule has 4 heteroatoms. The number of rotatable bonds is 6. The molecule has 0 aliphatic heterocycles. The van der Waals surface area contributed by atoms with Crippen molar-refractivity contribution in [3.8, 4) is 0 Å². The van der Waals surface area contributed by atoms with Crippen molar-refractivity contribution in [2.75, 3.05) is 11.9 Å². The quantitative estimate of drug-likeness (QED) is 0.572. The van der Waals surface area contributed by atoms with Crippen LogP contribution in [0.3, 0.4) is 0 Å². The summed E-state index contributed by atoms with van der Waals surface area (Å²) in [7, 11) is 2.01. The van der Waals surface area contributed by atoms with E-state index in [0.717, 1.165) is 23.2 Å². The van der Waals surface area contributed by atoms with Crippen LogP contribution in [0, 0.1) is 23.0 Å². The van der Waals surface area contributed by atoms with E-state index in [0.29, 0.717) is 12.5 Å². The van der Waals surface area contributed by atoms with Gasteiger partial charge in [0.05, 0.1) is 4.92 Å². The highest BCUT2D eigenvalue weighted by Crippen LogP contribution is 2.24. The average Bonchev–Trinajstić information content (AvgIpc) is 2.49. The fourth-order valence-electron chi connectivity index (χ4n) is 2.74. The predicted molar refractivity (Wildman–Crippen MR) is 94.9 cm³/mol. The van der Waals surface area contributed by atoms with Gasteiger partial charge in [-0.05, 0) is 42.5 Å². The zero-order valence-electron chi connectivity index (χ0n) is 14.2. The maximum atomic E-state index is 11.0. The lowest BCUT2D eigenvalue weighted by Gasteiger charge is -2.21. The van der Waals surface area contributed by atoms with Crippen molar-refractivity contribution < 1.29 is 4.92 Å². The van der Waals surface area contributed by atoms with Gasteiger partial charge in [0, 0.05) is 30.9 Å². The molecule has 0 aliphatic carbocycles. The van der Waals surface area contributed by atoms with Crippen molar-refractivity contribution in [1.29, 1.82) is 0 Å². The van der Waals surface area contributed by atoms with E-state index >= 15 is 0 Å². The molecule has 2 rings (SSSR count). The maximum absolute atomic E-state index is 11.0. The molecule has 0 fully saturated rings. The maximum Gasteiger partial charge on any atom is 0.272 e. The SMILES string of the molecule is Cc1c(CN(C)c2ccc(CC(C)C)cc2)cccc1[N+](=O)[O-]. The molecule has 0 aliphatic rings. The monoisotopic (exact) mass is 312 g/mol. The minimum atomic E-state index is -0.320. The van der Waals surface area contributed by atoms with Crippen LogP contribution >= 0.6 is 0 Å². The first-order valence-corrected chi connectivity index (χ1v) is 7.91. The molecular weight excluding hydrogens is 288 g/mol. The van der Waals surface area contributed by atoms with Crippen LogP contribution in [-0.2, 0) is 13.0 Å². The topological polar surface area (TPSA) is 46.4 Å². The second kappa shape index (κ2) is 7.27. The highest BCUT2D eigenvalue weighted by molar-refractivity contribution is 5.50. The molecule has 0 saturated carbocycles. The van der Waals surface area contributed by atoms with Gasteiger partial charge < -0.3 is 4.90 Å². The van der Waals surface area contributed by atoms with Gasteiger partial charge in [-0.1, -0.05) is 38.1 Å². The normalized spacial score (nSPS) is 10.8. The number of nitro groups is 1. The smallest absolute Gasteiger partial charge is 0.272 e. The molecule has 0 amide bonds. The van der Waals surface area contributed by atoms with Gasteiger partial charge in [0.15, 0.2) is 0 Å². The van der Waals surface area contributed by atoms with E-state index in [1.54, 1.807) is 12.1 Å². The Morgan fingerprint density at radius 1 is 1.13 bits per heavy atom. The summed E-state index contributed by atoms with van der Waals surface area (Å²) in [4.78, 5) is 12.8. The lowest BCUT2D eigenvalue weighted by Crippen LogP contribution is -2.17. The van der Waals surface area contributed by atoms with Gasteiger partial charge in [0.25, 0.3) is 5.69 Å². The molecule has 2 aromatic carbocycles. The van der Waals surface area contributed by atoms with Gasteiger partial charge in [0.2, 0.25) is 0 Å².